The fourth-order valence-corrected chi connectivity index (χ4v) is 2.30. The van der Waals surface area contributed by atoms with Crippen LogP contribution >= 0.6 is 24.0 Å². The van der Waals surface area contributed by atoms with Crippen molar-refractivity contribution in [3.8, 4) is 0 Å². The second-order valence-electron chi connectivity index (χ2n) is 6.56. The Balaban J connectivity index is 0. The van der Waals surface area contributed by atoms with Crippen LogP contribution in [0.3, 0.4) is 0 Å². The van der Waals surface area contributed by atoms with Gasteiger partial charge in [0.15, 0.2) is 5.96 Å². The lowest BCUT2D eigenvalue weighted by molar-refractivity contribution is -0.123. The van der Waals surface area contributed by atoms with Gasteiger partial charge in [0.25, 0.3) is 0 Å². The lowest BCUT2D eigenvalue weighted by Crippen LogP contribution is -2.43. The molecule has 7 heteroatoms. The summed E-state index contributed by atoms with van der Waals surface area (Å²) in [6.07, 6.45) is 0. The minimum atomic E-state index is 0. The number of aliphatic imine (C=N–C) groups is 1. The number of nitrogens with one attached hydrogen (secondary N) is 3. The Hall–Kier alpha value is -0.570. The lowest BCUT2D eigenvalue weighted by Gasteiger charge is -2.29. The van der Waals surface area contributed by atoms with Gasteiger partial charge in [-0.3, -0.25) is 14.7 Å². The second kappa shape index (κ2) is 14.7. The zero-order chi connectivity index (χ0) is 17.8. The highest BCUT2D eigenvalue weighted by molar-refractivity contribution is 14.0. The number of hydrogen-bond acceptors (Lipinski definition) is 3. The standard InChI is InChI=1S/C17H37N5O.HI/c1-8-18-17(20-10-9-19-16(23)13(2)3)21-11-12-22(14(4)5)15(6)7;/h13-15H,8-12H2,1-7H3,(H,19,23)(H2,18,20,21);1H. The zero-order valence-electron chi connectivity index (χ0n) is 16.5. The molecule has 0 fully saturated rings. The van der Waals surface area contributed by atoms with Gasteiger partial charge in [-0.2, -0.15) is 0 Å². The first-order valence-corrected chi connectivity index (χ1v) is 8.85. The third-order valence-electron chi connectivity index (χ3n) is 3.54. The first-order valence-electron chi connectivity index (χ1n) is 8.85. The van der Waals surface area contributed by atoms with Crippen LogP contribution in [0.2, 0.25) is 0 Å². The number of rotatable bonds is 10. The average Bonchev–Trinajstić information content (AvgIpc) is 2.46. The van der Waals surface area contributed by atoms with Gasteiger partial charge in [-0.15, -0.1) is 24.0 Å². The predicted octanol–water partition coefficient (Wildman–Crippen LogP) is 2.05. The molecule has 0 heterocycles. The van der Waals surface area contributed by atoms with Crippen molar-refractivity contribution in [3.05, 3.63) is 0 Å². The maximum absolute atomic E-state index is 11.5. The molecule has 3 N–H and O–H groups in total. The van der Waals surface area contributed by atoms with E-state index in [4.69, 9.17) is 0 Å². The van der Waals surface area contributed by atoms with E-state index in [0.717, 1.165) is 25.6 Å². The van der Waals surface area contributed by atoms with Crippen molar-refractivity contribution in [1.82, 2.24) is 20.9 Å². The molecular formula is C17H38IN5O. The highest BCUT2D eigenvalue weighted by Crippen LogP contribution is 2.03. The summed E-state index contributed by atoms with van der Waals surface area (Å²) in [6.45, 7) is 18.5. The van der Waals surface area contributed by atoms with Crippen LogP contribution in [0.25, 0.3) is 0 Å². The summed E-state index contributed by atoms with van der Waals surface area (Å²) >= 11 is 0. The van der Waals surface area contributed by atoms with Crippen LogP contribution in [0, 0.1) is 5.92 Å². The normalized spacial score (nSPS) is 11.9. The van der Waals surface area contributed by atoms with Crippen LogP contribution in [0.1, 0.15) is 48.5 Å². The number of amides is 1. The van der Waals surface area contributed by atoms with Gasteiger partial charge in [0.2, 0.25) is 5.91 Å². The molecule has 0 atom stereocenters. The Bertz CT molecular complexity index is 351. The largest absolute Gasteiger partial charge is 0.357 e. The predicted molar refractivity (Wildman–Crippen MR) is 114 cm³/mol. The number of guanidine groups is 1. The molecule has 0 saturated heterocycles. The number of carbonyl (C=O) groups is 1. The quantitative estimate of drug-likeness (QED) is 0.204. The highest BCUT2D eigenvalue weighted by atomic mass is 127. The van der Waals surface area contributed by atoms with E-state index in [9.17, 15) is 4.79 Å². The smallest absolute Gasteiger partial charge is 0.222 e. The van der Waals surface area contributed by atoms with Crippen molar-refractivity contribution in [2.24, 2.45) is 10.9 Å². The third-order valence-corrected chi connectivity index (χ3v) is 3.54. The SMILES string of the molecule is CCNC(=NCCN(C(C)C)C(C)C)NCCNC(=O)C(C)C.I. The molecule has 144 valence electrons. The van der Waals surface area contributed by atoms with Gasteiger partial charge < -0.3 is 16.0 Å². The molecule has 0 bridgehead atoms. The number of hydrogen-bond donors (Lipinski definition) is 3. The van der Waals surface area contributed by atoms with Gasteiger partial charge in [0, 0.05) is 44.2 Å². The molecule has 0 aromatic heterocycles. The first-order chi connectivity index (χ1) is 10.8. The molecule has 24 heavy (non-hydrogen) atoms. The van der Waals surface area contributed by atoms with E-state index in [-0.39, 0.29) is 35.8 Å². The van der Waals surface area contributed by atoms with Gasteiger partial charge in [-0.1, -0.05) is 13.8 Å². The number of halogens is 1. The lowest BCUT2D eigenvalue weighted by atomic mass is 10.2. The maximum Gasteiger partial charge on any atom is 0.222 e. The van der Waals surface area contributed by atoms with Gasteiger partial charge in [0.1, 0.15) is 0 Å². The van der Waals surface area contributed by atoms with Crippen molar-refractivity contribution >= 4 is 35.8 Å². The fourth-order valence-electron chi connectivity index (χ4n) is 2.30. The summed E-state index contributed by atoms with van der Waals surface area (Å²) in [6, 6.07) is 1.04. The summed E-state index contributed by atoms with van der Waals surface area (Å²) in [5, 5.41) is 9.38. The molecule has 6 nitrogen and oxygen atoms in total. The number of nitrogens with zero attached hydrogens (tertiary/aromatic N) is 2. The van der Waals surface area contributed by atoms with E-state index in [0.29, 0.717) is 25.2 Å². The topological polar surface area (TPSA) is 68.8 Å². The molecule has 0 aliphatic heterocycles. The van der Waals surface area contributed by atoms with Crippen LogP contribution in [-0.4, -0.2) is 61.6 Å². The zero-order valence-corrected chi connectivity index (χ0v) is 18.8. The minimum absolute atomic E-state index is 0. The first kappa shape index (κ1) is 25.7. The van der Waals surface area contributed by atoms with Crippen molar-refractivity contribution in [3.63, 3.8) is 0 Å². The summed E-state index contributed by atoms with van der Waals surface area (Å²) < 4.78 is 0. The van der Waals surface area contributed by atoms with E-state index < -0.39 is 0 Å². The molecule has 0 saturated carbocycles. The maximum atomic E-state index is 11.5. The molecular weight excluding hydrogens is 417 g/mol. The van der Waals surface area contributed by atoms with E-state index in [1.165, 1.54) is 0 Å². The molecule has 0 radical (unpaired) electrons. The van der Waals surface area contributed by atoms with Gasteiger partial charge in [-0.25, -0.2) is 0 Å². The molecule has 0 aromatic carbocycles. The van der Waals surface area contributed by atoms with E-state index in [1.54, 1.807) is 0 Å². The van der Waals surface area contributed by atoms with Crippen LogP contribution in [-0.2, 0) is 4.79 Å². The van der Waals surface area contributed by atoms with Crippen molar-refractivity contribution in [2.45, 2.75) is 60.5 Å². The second-order valence-corrected chi connectivity index (χ2v) is 6.56. The Labute approximate surface area is 165 Å². The molecule has 0 aromatic rings. The molecule has 0 spiro atoms. The molecule has 0 aliphatic carbocycles. The molecule has 0 rings (SSSR count). The summed E-state index contributed by atoms with van der Waals surface area (Å²) in [5.41, 5.74) is 0. The van der Waals surface area contributed by atoms with Gasteiger partial charge >= 0.3 is 0 Å². The molecule has 1 amide bonds. The number of carbonyl (C=O) groups excluding carboxylic acids is 1. The van der Waals surface area contributed by atoms with E-state index >= 15 is 0 Å². The highest BCUT2D eigenvalue weighted by Gasteiger charge is 2.12. The Morgan fingerprint density at radius 3 is 1.96 bits per heavy atom. The van der Waals surface area contributed by atoms with Crippen molar-refractivity contribution < 1.29 is 4.79 Å². The Kier molecular flexibility index (Phi) is 15.8. The van der Waals surface area contributed by atoms with E-state index in [2.05, 4.69) is 53.5 Å². The van der Waals surface area contributed by atoms with Crippen molar-refractivity contribution in [1.29, 1.82) is 0 Å². The fraction of sp³-hybridized carbons (Fsp3) is 0.882. The van der Waals surface area contributed by atoms with Gasteiger partial charge in [-0.05, 0) is 34.6 Å². The Morgan fingerprint density at radius 1 is 0.958 bits per heavy atom. The molecule has 0 aliphatic rings. The molecule has 0 unspecified atom stereocenters. The monoisotopic (exact) mass is 455 g/mol. The summed E-state index contributed by atoms with van der Waals surface area (Å²) in [4.78, 5) is 18.5. The van der Waals surface area contributed by atoms with Crippen LogP contribution in [0.5, 0.6) is 0 Å². The third kappa shape index (κ3) is 11.9. The minimum Gasteiger partial charge on any atom is -0.357 e. The van der Waals surface area contributed by atoms with Crippen LogP contribution < -0.4 is 16.0 Å². The van der Waals surface area contributed by atoms with E-state index in [1.807, 2.05) is 20.8 Å². The Morgan fingerprint density at radius 2 is 1.50 bits per heavy atom. The van der Waals surface area contributed by atoms with Crippen molar-refractivity contribution in [2.75, 3.05) is 32.7 Å². The van der Waals surface area contributed by atoms with Crippen LogP contribution in [0.15, 0.2) is 4.99 Å². The summed E-state index contributed by atoms with van der Waals surface area (Å²) in [5.74, 6) is 0.909. The summed E-state index contributed by atoms with van der Waals surface area (Å²) in [7, 11) is 0. The van der Waals surface area contributed by atoms with Crippen LogP contribution in [0.4, 0.5) is 0 Å². The average molecular weight is 455 g/mol. The van der Waals surface area contributed by atoms with Gasteiger partial charge in [0.05, 0.1) is 6.54 Å².